The summed E-state index contributed by atoms with van der Waals surface area (Å²) in [5.74, 6) is 0. The maximum absolute atomic E-state index is 6.61. The molecule has 0 saturated heterocycles. The predicted molar refractivity (Wildman–Crippen MR) is 248 cm³/mol. The lowest BCUT2D eigenvalue weighted by Gasteiger charge is -2.28. The van der Waals surface area contributed by atoms with Gasteiger partial charge in [-0.3, -0.25) is 0 Å². The van der Waals surface area contributed by atoms with Crippen LogP contribution in [-0.2, 0) is 5.41 Å². The van der Waals surface area contributed by atoms with Crippen LogP contribution in [0.1, 0.15) is 25.0 Å². The van der Waals surface area contributed by atoms with Gasteiger partial charge in [0.15, 0.2) is 0 Å². The normalized spacial score (nSPS) is 12.7. The van der Waals surface area contributed by atoms with Crippen LogP contribution < -0.4 is 4.90 Å². The fourth-order valence-electron chi connectivity index (χ4n) is 9.20. The minimum absolute atomic E-state index is 0.221. The lowest BCUT2D eigenvalue weighted by atomic mass is 9.82. The van der Waals surface area contributed by atoms with Crippen LogP contribution in [-0.4, -0.2) is 0 Å². The average molecular weight is 756 g/mol. The van der Waals surface area contributed by atoms with Crippen LogP contribution in [0.4, 0.5) is 17.1 Å². The smallest absolute Gasteiger partial charge is 0.143 e. The van der Waals surface area contributed by atoms with Crippen molar-refractivity contribution >= 4 is 39.0 Å². The summed E-state index contributed by atoms with van der Waals surface area (Å²) < 4.78 is 6.61. The zero-order chi connectivity index (χ0) is 39.5. The molecule has 0 aliphatic heterocycles. The second-order valence-corrected chi connectivity index (χ2v) is 16.1. The van der Waals surface area contributed by atoms with Gasteiger partial charge in [-0.25, -0.2) is 0 Å². The second-order valence-electron chi connectivity index (χ2n) is 16.1. The fraction of sp³-hybridized carbons (Fsp3) is 0.0526. The van der Waals surface area contributed by atoms with Gasteiger partial charge in [0.25, 0.3) is 0 Å². The van der Waals surface area contributed by atoms with E-state index < -0.39 is 0 Å². The third kappa shape index (κ3) is 5.96. The van der Waals surface area contributed by atoms with E-state index in [-0.39, 0.29) is 5.41 Å². The van der Waals surface area contributed by atoms with Gasteiger partial charge < -0.3 is 9.32 Å². The number of furan rings is 1. The van der Waals surface area contributed by atoms with Gasteiger partial charge in [-0.15, -0.1) is 0 Å². The number of hydrogen-bond donors (Lipinski definition) is 0. The minimum Gasteiger partial charge on any atom is -0.455 e. The van der Waals surface area contributed by atoms with Crippen molar-refractivity contribution in [2.45, 2.75) is 19.3 Å². The van der Waals surface area contributed by atoms with E-state index in [1.807, 2.05) is 6.07 Å². The summed E-state index contributed by atoms with van der Waals surface area (Å²) in [6.45, 7) is 4.69. The van der Waals surface area contributed by atoms with Gasteiger partial charge in [0.1, 0.15) is 11.2 Å². The number of benzene rings is 9. The Kier molecular flexibility index (Phi) is 8.20. The molecule has 0 unspecified atom stereocenters. The van der Waals surface area contributed by atoms with Crippen molar-refractivity contribution in [3.05, 3.63) is 223 Å². The number of rotatable bonds is 7. The summed E-state index contributed by atoms with van der Waals surface area (Å²) in [6.07, 6.45) is 0. The van der Waals surface area contributed by atoms with Crippen LogP contribution in [0.25, 0.3) is 77.6 Å². The molecule has 2 heteroatoms. The Morgan fingerprint density at radius 2 is 0.831 bits per heavy atom. The first kappa shape index (κ1) is 34.8. The first-order valence-corrected chi connectivity index (χ1v) is 20.4. The molecule has 0 bridgehead atoms. The van der Waals surface area contributed by atoms with Crippen LogP contribution >= 0.6 is 0 Å². The van der Waals surface area contributed by atoms with E-state index in [1.54, 1.807) is 0 Å². The highest BCUT2D eigenvalue weighted by molar-refractivity contribution is 6.12. The fourth-order valence-corrected chi connectivity index (χ4v) is 9.20. The molecule has 0 spiro atoms. The van der Waals surface area contributed by atoms with E-state index in [0.717, 1.165) is 39.0 Å². The Morgan fingerprint density at radius 1 is 0.356 bits per heavy atom. The van der Waals surface area contributed by atoms with Crippen molar-refractivity contribution in [1.29, 1.82) is 0 Å². The van der Waals surface area contributed by atoms with E-state index in [9.17, 15) is 0 Å². The van der Waals surface area contributed by atoms with Crippen molar-refractivity contribution in [2.24, 2.45) is 0 Å². The maximum Gasteiger partial charge on any atom is 0.143 e. The summed E-state index contributed by atoms with van der Waals surface area (Å²) in [7, 11) is 0. The maximum atomic E-state index is 6.61. The Morgan fingerprint density at radius 3 is 1.39 bits per heavy atom. The largest absolute Gasteiger partial charge is 0.455 e. The zero-order valence-electron chi connectivity index (χ0n) is 33.1. The minimum atomic E-state index is -0.221. The average Bonchev–Trinajstić information content (AvgIpc) is 3.79. The third-order valence-electron chi connectivity index (χ3n) is 12.3. The van der Waals surface area contributed by atoms with E-state index in [4.69, 9.17) is 4.42 Å². The highest BCUT2D eigenvalue weighted by atomic mass is 16.3. The third-order valence-corrected chi connectivity index (χ3v) is 12.3. The molecule has 10 aromatic rings. The van der Waals surface area contributed by atoms with Crippen molar-refractivity contribution in [3.8, 4) is 55.6 Å². The topological polar surface area (TPSA) is 16.4 Å². The molecule has 0 atom stereocenters. The SMILES string of the molecule is CC1(C)c2cc(N(c3ccc(-c4cccc(-c5ccccc5)c4)cc3)c3ccc(-c4cccc(-c5ccccc5)c4)cc3)ccc2-c2c1ccc1c2oc2ccccc21. The van der Waals surface area contributed by atoms with E-state index >= 15 is 0 Å². The molecule has 1 aliphatic carbocycles. The summed E-state index contributed by atoms with van der Waals surface area (Å²) in [4.78, 5) is 2.39. The van der Waals surface area contributed by atoms with Crippen molar-refractivity contribution in [1.82, 2.24) is 0 Å². The molecule has 0 saturated carbocycles. The molecule has 1 aromatic heterocycles. The van der Waals surface area contributed by atoms with Crippen molar-refractivity contribution < 1.29 is 4.42 Å². The van der Waals surface area contributed by atoms with Crippen LogP contribution in [0.3, 0.4) is 0 Å². The molecule has 2 nitrogen and oxygen atoms in total. The van der Waals surface area contributed by atoms with Gasteiger partial charge in [0.2, 0.25) is 0 Å². The Bertz CT molecular complexity index is 3030. The van der Waals surface area contributed by atoms with Crippen LogP contribution in [0.5, 0.6) is 0 Å². The molecule has 1 heterocycles. The number of para-hydroxylation sites is 1. The van der Waals surface area contributed by atoms with Crippen LogP contribution in [0.15, 0.2) is 217 Å². The predicted octanol–water partition coefficient (Wildman–Crippen LogP) is 16.0. The molecule has 1 aliphatic rings. The lowest BCUT2D eigenvalue weighted by molar-refractivity contribution is 0.653. The number of hydrogen-bond acceptors (Lipinski definition) is 2. The number of nitrogens with zero attached hydrogens (tertiary/aromatic N) is 1. The van der Waals surface area contributed by atoms with Crippen molar-refractivity contribution in [2.75, 3.05) is 4.90 Å². The molecule has 59 heavy (non-hydrogen) atoms. The molecular weight excluding hydrogens is 715 g/mol. The standard InChI is InChI=1S/C57H41NO/c1-57(2)52-34-33-50-49-21-9-10-22-54(49)59-56(50)55(52)51-32-31-48(37-53(51)57)58(46-27-23-40(24-28-46)44-19-11-17-42(35-44)38-13-5-3-6-14-38)47-29-25-41(26-30-47)45-20-12-18-43(36-45)39-15-7-4-8-16-39/h3-37H,1-2H3. The van der Waals surface area contributed by atoms with E-state index in [2.05, 4.69) is 225 Å². The van der Waals surface area contributed by atoms with Crippen molar-refractivity contribution in [3.63, 3.8) is 0 Å². The van der Waals surface area contributed by atoms with Gasteiger partial charge in [0, 0.05) is 38.8 Å². The zero-order valence-corrected chi connectivity index (χ0v) is 33.1. The Labute approximate surface area is 345 Å². The van der Waals surface area contributed by atoms with Gasteiger partial charge in [-0.05, 0) is 116 Å². The molecule has 0 amide bonds. The van der Waals surface area contributed by atoms with E-state index in [0.29, 0.717) is 0 Å². The second kappa shape index (κ2) is 13.9. The van der Waals surface area contributed by atoms with Gasteiger partial charge in [-0.2, -0.15) is 0 Å². The summed E-state index contributed by atoms with van der Waals surface area (Å²) >= 11 is 0. The quantitative estimate of drug-likeness (QED) is 0.161. The molecule has 11 rings (SSSR count). The molecule has 9 aromatic carbocycles. The van der Waals surface area contributed by atoms with Crippen LogP contribution in [0.2, 0.25) is 0 Å². The molecular formula is C57H41NO. The molecule has 0 fully saturated rings. The molecule has 0 radical (unpaired) electrons. The molecule has 280 valence electrons. The molecule has 0 N–H and O–H groups in total. The highest BCUT2D eigenvalue weighted by Gasteiger charge is 2.38. The monoisotopic (exact) mass is 755 g/mol. The Balaban J connectivity index is 1.01. The first-order chi connectivity index (χ1) is 29.0. The lowest BCUT2D eigenvalue weighted by Crippen LogP contribution is -2.16. The summed E-state index contributed by atoms with van der Waals surface area (Å²) in [5, 5.41) is 2.32. The van der Waals surface area contributed by atoms with Gasteiger partial charge in [0.05, 0.1) is 0 Å². The van der Waals surface area contributed by atoms with Crippen LogP contribution in [0, 0.1) is 0 Å². The number of anilines is 3. The first-order valence-electron chi connectivity index (χ1n) is 20.4. The Hall–Kier alpha value is -7.42. The van der Waals surface area contributed by atoms with E-state index in [1.165, 1.54) is 66.8 Å². The van der Waals surface area contributed by atoms with Gasteiger partial charge >= 0.3 is 0 Å². The highest BCUT2D eigenvalue weighted by Crippen LogP contribution is 2.54. The summed E-state index contributed by atoms with van der Waals surface area (Å²) in [5.41, 5.74) is 19.6. The van der Waals surface area contributed by atoms with Gasteiger partial charge in [-0.1, -0.05) is 172 Å². The summed E-state index contributed by atoms with van der Waals surface area (Å²) in [6, 6.07) is 76.8. The number of fused-ring (bicyclic) bond motifs is 7.